The van der Waals surface area contributed by atoms with Crippen LogP contribution in [0.1, 0.15) is 24.3 Å². The van der Waals surface area contributed by atoms with Crippen LogP contribution in [-0.4, -0.2) is 29.9 Å². The van der Waals surface area contributed by atoms with Crippen molar-refractivity contribution in [2.75, 3.05) is 0 Å². The summed E-state index contributed by atoms with van der Waals surface area (Å²) in [6, 6.07) is 30.6. The minimum absolute atomic E-state index is 0.100. The molecule has 31 heavy (non-hydrogen) atoms. The first-order chi connectivity index (χ1) is 15.3. The predicted molar refractivity (Wildman–Crippen MR) is 121 cm³/mol. The Kier molecular flexibility index (Phi) is 6.39. The van der Waals surface area contributed by atoms with Crippen molar-refractivity contribution in [1.29, 1.82) is 0 Å². The van der Waals surface area contributed by atoms with Gasteiger partial charge >= 0.3 is 0 Å². The summed E-state index contributed by atoms with van der Waals surface area (Å²) in [6.45, 7) is 2.55. The highest BCUT2D eigenvalue weighted by Crippen LogP contribution is 2.43. The molecular weight excluding hydrogens is 408 g/mol. The lowest BCUT2D eigenvalue weighted by Gasteiger charge is -2.40. The van der Waals surface area contributed by atoms with Gasteiger partial charge in [-0.05, 0) is 24.6 Å². The standard InChI is InChI=1S/C26H26O4S/c1-18-22-23(30-25(29-22)20-13-7-3-8-14-20)24(27-17-19-11-5-2-6-12-19)26(28-18)31-21-15-9-4-10-16-21/h2-16,18,22-26H,17H2,1H3/t18?,22-,23+,24?,25?,26-/m0/s1. The lowest BCUT2D eigenvalue weighted by atomic mass is 10.0. The fraction of sp³-hybridized carbons (Fsp3) is 0.308. The molecule has 3 unspecified atom stereocenters. The second-order valence-electron chi connectivity index (χ2n) is 7.85. The van der Waals surface area contributed by atoms with Gasteiger partial charge in [-0.25, -0.2) is 0 Å². The maximum atomic E-state index is 6.45. The average molecular weight is 435 g/mol. The largest absolute Gasteiger partial charge is 0.367 e. The van der Waals surface area contributed by atoms with E-state index in [9.17, 15) is 0 Å². The highest BCUT2D eigenvalue weighted by Gasteiger charge is 2.52. The molecule has 0 spiro atoms. The van der Waals surface area contributed by atoms with Crippen molar-refractivity contribution in [2.45, 2.75) is 54.6 Å². The highest BCUT2D eigenvalue weighted by molar-refractivity contribution is 7.99. The highest BCUT2D eigenvalue weighted by atomic mass is 32.2. The second-order valence-corrected chi connectivity index (χ2v) is 9.02. The van der Waals surface area contributed by atoms with Crippen LogP contribution in [-0.2, 0) is 25.6 Å². The molecule has 5 heteroatoms. The summed E-state index contributed by atoms with van der Waals surface area (Å²) in [4.78, 5) is 1.14. The molecule has 2 saturated heterocycles. The van der Waals surface area contributed by atoms with Gasteiger partial charge in [0.15, 0.2) is 6.29 Å². The van der Waals surface area contributed by atoms with E-state index < -0.39 is 6.29 Å². The van der Waals surface area contributed by atoms with Gasteiger partial charge in [-0.1, -0.05) is 90.6 Å². The molecule has 2 fully saturated rings. The van der Waals surface area contributed by atoms with Gasteiger partial charge in [0.05, 0.1) is 12.7 Å². The molecule has 3 aromatic rings. The molecule has 2 aliphatic rings. The Balaban J connectivity index is 1.39. The first-order valence-corrected chi connectivity index (χ1v) is 11.5. The quantitative estimate of drug-likeness (QED) is 0.505. The van der Waals surface area contributed by atoms with Gasteiger partial charge in [-0.3, -0.25) is 0 Å². The van der Waals surface area contributed by atoms with Gasteiger partial charge in [0.2, 0.25) is 0 Å². The van der Waals surface area contributed by atoms with Gasteiger partial charge in [-0.15, -0.1) is 0 Å². The Labute approximate surface area is 187 Å². The molecule has 2 heterocycles. The summed E-state index contributed by atoms with van der Waals surface area (Å²) in [5.74, 6) is 0. The minimum atomic E-state index is -0.412. The monoisotopic (exact) mass is 434 g/mol. The Morgan fingerprint density at radius 1 is 0.742 bits per heavy atom. The zero-order valence-corrected chi connectivity index (χ0v) is 18.2. The Morgan fingerprint density at radius 3 is 2.06 bits per heavy atom. The number of rotatable bonds is 6. The molecule has 5 rings (SSSR count). The van der Waals surface area contributed by atoms with E-state index in [-0.39, 0.29) is 29.9 Å². The molecule has 0 aliphatic carbocycles. The van der Waals surface area contributed by atoms with Crippen LogP contribution in [0.4, 0.5) is 0 Å². The van der Waals surface area contributed by atoms with Gasteiger partial charge < -0.3 is 18.9 Å². The molecule has 0 aromatic heterocycles. The van der Waals surface area contributed by atoms with Crippen LogP contribution in [0.3, 0.4) is 0 Å². The van der Waals surface area contributed by atoms with E-state index in [1.54, 1.807) is 11.8 Å². The third-order valence-electron chi connectivity index (χ3n) is 5.64. The zero-order valence-electron chi connectivity index (χ0n) is 17.4. The fourth-order valence-electron chi connectivity index (χ4n) is 4.07. The number of hydrogen-bond donors (Lipinski definition) is 0. The van der Waals surface area contributed by atoms with Crippen LogP contribution >= 0.6 is 11.8 Å². The van der Waals surface area contributed by atoms with E-state index in [0.29, 0.717) is 6.61 Å². The lowest BCUT2D eigenvalue weighted by Crippen LogP contribution is -2.55. The van der Waals surface area contributed by atoms with Crippen LogP contribution < -0.4 is 0 Å². The van der Waals surface area contributed by atoms with Crippen molar-refractivity contribution in [2.24, 2.45) is 0 Å². The Bertz CT molecular complexity index is 953. The van der Waals surface area contributed by atoms with Crippen LogP contribution in [0.15, 0.2) is 95.9 Å². The van der Waals surface area contributed by atoms with Crippen LogP contribution in [0.25, 0.3) is 0 Å². The molecule has 0 N–H and O–H groups in total. The molecule has 6 atom stereocenters. The maximum absolute atomic E-state index is 6.45. The third kappa shape index (κ3) is 4.71. The summed E-state index contributed by atoms with van der Waals surface area (Å²) in [5, 5.41) is 0. The fourth-order valence-corrected chi connectivity index (χ4v) is 5.25. The van der Waals surface area contributed by atoms with E-state index in [4.69, 9.17) is 18.9 Å². The van der Waals surface area contributed by atoms with Crippen molar-refractivity contribution in [3.63, 3.8) is 0 Å². The number of benzene rings is 3. The molecule has 2 aliphatic heterocycles. The summed E-state index contributed by atoms with van der Waals surface area (Å²) >= 11 is 1.67. The van der Waals surface area contributed by atoms with E-state index in [2.05, 4.69) is 31.2 Å². The van der Waals surface area contributed by atoms with E-state index in [1.165, 1.54) is 0 Å². The molecule has 0 saturated carbocycles. The predicted octanol–water partition coefficient (Wildman–Crippen LogP) is 5.59. The molecule has 0 radical (unpaired) electrons. The molecule has 0 amide bonds. The molecule has 3 aromatic carbocycles. The molecule has 0 bridgehead atoms. The molecular formula is C26H26O4S. The maximum Gasteiger partial charge on any atom is 0.184 e. The van der Waals surface area contributed by atoms with Gasteiger partial charge in [-0.2, -0.15) is 0 Å². The SMILES string of the molecule is CC1O[C@@H](Sc2ccccc2)C(OCc2ccccc2)[C@@H]2OC(c3ccccc3)O[C@@H]12. The summed E-state index contributed by atoms with van der Waals surface area (Å²) < 4.78 is 25.6. The summed E-state index contributed by atoms with van der Waals surface area (Å²) in [6.07, 6.45) is -1.17. The zero-order chi connectivity index (χ0) is 21.0. The first kappa shape index (κ1) is 20.7. The second kappa shape index (κ2) is 9.55. The van der Waals surface area contributed by atoms with E-state index >= 15 is 0 Å². The van der Waals surface area contributed by atoms with Crippen molar-refractivity contribution in [3.8, 4) is 0 Å². The van der Waals surface area contributed by atoms with Crippen LogP contribution in [0.5, 0.6) is 0 Å². The van der Waals surface area contributed by atoms with Crippen molar-refractivity contribution >= 4 is 11.8 Å². The number of hydrogen-bond acceptors (Lipinski definition) is 5. The van der Waals surface area contributed by atoms with Crippen LogP contribution in [0, 0.1) is 0 Å². The minimum Gasteiger partial charge on any atom is -0.367 e. The Hall–Kier alpha value is -2.15. The molecule has 160 valence electrons. The van der Waals surface area contributed by atoms with Gasteiger partial charge in [0, 0.05) is 10.5 Å². The topological polar surface area (TPSA) is 36.9 Å². The number of thioether (sulfide) groups is 1. The van der Waals surface area contributed by atoms with Crippen LogP contribution in [0.2, 0.25) is 0 Å². The first-order valence-electron chi connectivity index (χ1n) is 10.7. The van der Waals surface area contributed by atoms with E-state index in [1.807, 2.05) is 66.7 Å². The number of fused-ring (bicyclic) bond motifs is 1. The van der Waals surface area contributed by atoms with E-state index in [0.717, 1.165) is 16.0 Å². The normalized spacial score (nSPS) is 30.1. The van der Waals surface area contributed by atoms with Crippen molar-refractivity contribution < 1.29 is 18.9 Å². The summed E-state index contributed by atoms with van der Waals surface area (Å²) in [5.41, 5.74) is 1.94. The lowest BCUT2D eigenvalue weighted by molar-refractivity contribution is -0.174. The third-order valence-corrected chi connectivity index (χ3v) is 6.80. The van der Waals surface area contributed by atoms with Gasteiger partial charge in [0.25, 0.3) is 0 Å². The Morgan fingerprint density at radius 2 is 1.35 bits per heavy atom. The molecule has 4 nitrogen and oxygen atoms in total. The number of ether oxygens (including phenoxy) is 4. The van der Waals surface area contributed by atoms with Crippen molar-refractivity contribution in [3.05, 3.63) is 102 Å². The van der Waals surface area contributed by atoms with Gasteiger partial charge in [0.1, 0.15) is 23.7 Å². The summed E-state index contributed by atoms with van der Waals surface area (Å²) in [7, 11) is 0. The smallest absolute Gasteiger partial charge is 0.184 e. The van der Waals surface area contributed by atoms with Crippen molar-refractivity contribution in [1.82, 2.24) is 0 Å². The average Bonchev–Trinajstić information content (AvgIpc) is 3.27.